The Kier molecular flexibility index (Phi) is 5.51. The van der Waals surface area contributed by atoms with E-state index in [0.717, 1.165) is 22.6 Å². The molecule has 2 aromatic carbocycles. The Morgan fingerprint density at radius 3 is 2.44 bits per heavy atom. The second kappa shape index (κ2) is 8.18. The van der Waals surface area contributed by atoms with E-state index in [2.05, 4.69) is 15.6 Å². The first-order valence-corrected chi connectivity index (χ1v) is 8.53. The van der Waals surface area contributed by atoms with Gasteiger partial charge >= 0.3 is 6.03 Å². The van der Waals surface area contributed by atoms with Crippen LogP contribution in [-0.4, -0.2) is 21.5 Å². The molecular weight excluding hydrogens is 342 g/mol. The van der Waals surface area contributed by atoms with Crippen LogP contribution in [-0.2, 0) is 13.1 Å². The van der Waals surface area contributed by atoms with Gasteiger partial charge in [0.15, 0.2) is 0 Å². The fourth-order valence-corrected chi connectivity index (χ4v) is 2.77. The van der Waals surface area contributed by atoms with Gasteiger partial charge in [-0.2, -0.15) is 0 Å². The molecule has 27 heavy (non-hydrogen) atoms. The number of para-hydroxylation sites is 1. The van der Waals surface area contributed by atoms with Gasteiger partial charge in [-0.05, 0) is 36.2 Å². The molecule has 0 bridgehead atoms. The lowest BCUT2D eigenvalue weighted by atomic mass is 10.1. The third kappa shape index (κ3) is 4.52. The molecule has 0 aliphatic carbocycles. The number of nitrogens with zero attached hydrogens (tertiary/aromatic N) is 2. The van der Waals surface area contributed by atoms with Crippen molar-refractivity contribution in [3.8, 4) is 5.69 Å². The number of nitrogens with one attached hydrogen (secondary N) is 2. The highest BCUT2D eigenvalue weighted by Gasteiger charge is 2.09. The van der Waals surface area contributed by atoms with Crippen molar-refractivity contribution in [1.29, 1.82) is 0 Å². The van der Waals surface area contributed by atoms with Crippen LogP contribution in [0.1, 0.15) is 27.3 Å². The maximum absolute atomic E-state index is 12.4. The zero-order valence-electron chi connectivity index (χ0n) is 15.0. The molecule has 7 heteroatoms. The van der Waals surface area contributed by atoms with Crippen molar-refractivity contribution in [3.63, 3.8) is 0 Å². The molecule has 1 aromatic heterocycles. The number of carbonyl (C=O) groups is 2. The van der Waals surface area contributed by atoms with Gasteiger partial charge in [0.05, 0.1) is 5.69 Å². The SMILES string of the molecule is Cc1nccn1-c1ccccc1CNC(=O)c1ccc(CNC(N)=O)cc1. The van der Waals surface area contributed by atoms with Crippen LogP contribution < -0.4 is 16.4 Å². The van der Waals surface area contributed by atoms with E-state index in [4.69, 9.17) is 5.73 Å². The number of carbonyl (C=O) groups excluding carboxylic acids is 2. The Morgan fingerprint density at radius 2 is 1.78 bits per heavy atom. The topological polar surface area (TPSA) is 102 Å². The third-order valence-electron chi connectivity index (χ3n) is 4.20. The van der Waals surface area contributed by atoms with Crippen molar-refractivity contribution >= 4 is 11.9 Å². The summed E-state index contributed by atoms with van der Waals surface area (Å²) in [5, 5.41) is 5.46. The maximum atomic E-state index is 12.4. The largest absolute Gasteiger partial charge is 0.352 e. The first kappa shape index (κ1) is 18.2. The van der Waals surface area contributed by atoms with Crippen LogP contribution in [0.3, 0.4) is 0 Å². The summed E-state index contributed by atoms with van der Waals surface area (Å²) < 4.78 is 1.99. The molecule has 3 amide bonds. The van der Waals surface area contributed by atoms with Gasteiger partial charge in [-0.15, -0.1) is 0 Å². The highest BCUT2D eigenvalue weighted by atomic mass is 16.2. The van der Waals surface area contributed by atoms with Gasteiger partial charge in [-0.25, -0.2) is 9.78 Å². The van der Waals surface area contributed by atoms with E-state index in [-0.39, 0.29) is 5.91 Å². The molecule has 3 aromatic rings. The summed E-state index contributed by atoms with van der Waals surface area (Å²) >= 11 is 0. The van der Waals surface area contributed by atoms with Gasteiger partial charge in [0.25, 0.3) is 5.91 Å². The smallest absolute Gasteiger partial charge is 0.312 e. The molecule has 0 unspecified atom stereocenters. The molecule has 138 valence electrons. The summed E-state index contributed by atoms with van der Waals surface area (Å²) in [5.74, 6) is 0.718. The van der Waals surface area contributed by atoms with Crippen molar-refractivity contribution < 1.29 is 9.59 Å². The van der Waals surface area contributed by atoms with E-state index in [0.29, 0.717) is 18.7 Å². The molecule has 1 heterocycles. The minimum absolute atomic E-state index is 0.165. The lowest BCUT2D eigenvalue weighted by Crippen LogP contribution is -2.28. The first-order valence-electron chi connectivity index (χ1n) is 8.53. The summed E-state index contributed by atoms with van der Waals surface area (Å²) in [6.07, 6.45) is 3.65. The Labute approximate surface area is 157 Å². The van der Waals surface area contributed by atoms with Crippen LogP contribution in [0.15, 0.2) is 60.9 Å². The normalized spacial score (nSPS) is 10.4. The van der Waals surface area contributed by atoms with Crippen molar-refractivity contribution in [2.45, 2.75) is 20.0 Å². The summed E-state index contributed by atoms with van der Waals surface area (Å²) in [5.41, 5.74) is 8.45. The van der Waals surface area contributed by atoms with Crippen LogP contribution in [0.2, 0.25) is 0 Å². The van der Waals surface area contributed by atoms with E-state index >= 15 is 0 Å². The lowest BCUT2D eigenvalue weighted by Gasteiger charge is -2.13. The minimum atomic E-state index is -0.580. The van der Waals surface area contributed by atoms with Crippen molar-refractivity contribution in [1.82, 2.24) is 20.2 Å². The average molecular weight is 363 g/mol. The van der Waals surface area contributed by atoms with Gasteiger partial charge in [0.1, 0.15) is 5.82 Å². The third-order valence-corrected chi connectivity index (χ3v) is 4.20. The molecule has 3 rings (SSSR count). The second-order valence-corrected chi connectivity index (χ2v) is 6.07. The van der Waals surface area contributed by atoms with Crippen molar-refractivity contribution in [3.05, 3.63) is 83.4 Å². The van der Waals surface area contributed by atoms with Crippen LogP contribution in [0.25, 0.3) is 5.69 Å². The monoisotopic (exact) mass is 363 g/mol. The van der Waals surface area contributed by atoms with Gasteiger partial charge < -0.3 is 20.9 Å². The molecule has 7 nitrogen and oxygen atoms in total. The molecule has 0 saturated carbocycles. The van der Waals surface area contributed by atoms with Crippen molar-refractivity contribution in [2.24, 2.45) is 5.73 Å². The number of rotatable bonds is 6. The fourth-order valence-electron chi connectivity index (χ4n) is 2.77. The molecule has 0 atom stereocenters. The van der Waals surface area contributed by atoms with E-state index in [1.54, 1.807) is 30.5 Å². The standard InChI is InChI=1S/C20H21N5O2/c1-14-22-10-11-25(14)18-5-3-2-4-17(18)13-23-19(26)16-8-6-15(7-9-16)12-24-20(21)27/h2-11H,12-13H2,1H3,(H,23,26)(H3,21,24,27). The van der Waals surface area contributed by atoms with Crippen LogP contribution >= 0.6 is 0 Å². The van der Waals surface area contributed by atoms with E-state index in [1.165, 1.54) is 0 Å². The Bertz CT molecular complexity index is 947. The number of hydrogen-bond donors (Lipinski definition) is 3. The highest BCUT2D eigenvalue weighted by molar-refractivity contribution is 5.94. The van der Waals surface area contributed by atoms with Gasteiger partial charge in [0, 0.05) is 31.0 Å². The number of nitrogens with two attached hydrogens (primary N) is 1. The maximum Gasteiger partial charge on any atom is 0.312 e. The van der Waals surface area contributed by atoms with Crippen LogP contribution in [0.5, 0.6) is 0 Å². The van der Waals surface area contributed by atoms with Gasteiger partial charge in [0.2, 0.25) is 0 Å². The van der Waals surface area contributed by atoms with Gasteiger partial charge in [-0.3, -0.25) is 4.79 Å². The summed E-state index contributed by atoms with van der Waals surface area (Å²) in [6, 6.07) is 14.3. The number of aromatic nitrogens is 2. The first-order chi connectivity index (χ1) is 13.0. The number of primary amides is 1. The number of amides is 3. The number of hydrogen-bond acceptors (Lipinski definition) is 3. The Morgan fingerprint density at radius 1 is 1.04 bits per heavy atom. The van der Waals surface area contributed by atoms with E-state index in [9.17, 15) is 9.59 Å². The van der Waals surface area contributed by atoms with Crippen molar-refractivity contribution in [2.75, 3.05) is 0 Å². The zero-order chi connectivity index (χ0) is 19.2. The predicted molar refractivity (Wildman–Crippen MR) is 102 cm³/mol. The average Bonchev–Trinajstić information content (AvgIpc) is 3.11. The molecule has 0 aliphatic heterocycles. The molecule has 4 N–H and O–H groups in total. The molecular formula is C20H21N5O2. The Balaban J connectivity index is 1.66. The van der Waals surface area contributed by atoms with E-state index < -0.39 is 6.03 Å². The van der Waals surface area contributed by atoms with E-state index in [1.807, 2.05) is 42.0 Å². The number of urea groups is 1. The molecule has 0 saturated heterocycles. The molecule has 0 aliphatic rings. The Hall–Kier alpha value is -3.61. The summed E-state index contributed by atoms with van der Waals surface area (Å²) in [6.45, 7) is 2.66. The van der Waals surface area contributed by atoms with Crippen LogP contribution in [0, 0.1) is 6.92 Å². The minimum Gasteiger partial charge on any atom is -0.352 e. The number of benzene rings is 2. The lowest BCUT2D eigenvalue weighted by molar-refractivity contribution is 0.0951. The predicted octanol–water partition coefficient (Wildman–Crippen LogP) is 2.28. The summed E-state index contributed by atoms with van der Waals surface area (Å²) in [7, 11) is 0. The molecule has 0 radical (unpaired) electrons. The summed E-state index contributed by atoms with van der Waals surface area (Å²) in [4.78, 5) is 27.4. The number of imidazole rings is 1. The molecule has 0 fully saturated rings. The van der Waals surface area contributed by atoms with Gasteiger partial charge in [-0.1, -0.05) is 30.3 Å². The van der Waals surface area contributed by atoms with Crippen LogP contribution in [0.4, 0.5) is 4.79 Å². The second-order valence-electron chi connectivity index (χ2n) is 6.07. The quantitative estimate of drug-likeness (QED) is 0.626. The molecule has 0 spiro atoms. The highest BCUT2D eigenvalue weighted by Crippen LogP contribution is 2.16. The fraction of sp³-hybridized carbons (Fsp3) is 0.150. The zero-order valence-corrected chi connectivity index (χ0v) is 15.0. The number of aryl methyl sites for hydroxylation is 1.